The van der Waals surface area contributed by atoms with Crippen LogP contribution in [0.4, 0.5) is 0 Å². The number of cyclic esters (lactones) is 1. The fourth-order valence-electron chi connectivity index (χ4n) is 7.00. The number of hydrogen-bond acceptors (Lipinski definition) is 7. The van der Waals surface area contributed by atoms with Gasteiger partial charge in [0.05, 0.1) is 36.9 Å². The summed E-state index contributed by atoms with van der Waals surface area (Å²) in [6, 6.07) is 0.334. The van der Waals surface area contributed by atoms with Crippen molar-refractivity contribution in [3.63, 3.8) is 0 Å². The Balaban J connectivity index is 1.51. The molecule has 8 atom stereocenters. The van der Waals surface area contributed by atoms with Crippen molar-refractivity contribution in [2.45, 2.75) is 50.2 Å². The molecule has 0 amide bonds. The van der Waals surface area contributed by atoms with Crippen molar-refractivity contribution in [3.8, 4) is 0 Å². The Kier molecular flexibility index (Phi) is 2.65. The molecule has 0 saturated carbocycles. The van der Waals surface area contributed by atoms with E-state index in [2.05, 4.69) is 11.8 Å². The zero-order valence-corrected chi connectivity index (χ0v) is 15.2. The van der Waals surface area contributed by atoms with Gasteiger partial charge in [-0.3, -0.25) is 4.90 Å². The largest absolute Gasteiger partial charge is 0.492 e. The highest BCUT2D eigenvalue weighted by molar-refractivity contribution is 5.93. The van der Waals surface area contributed by atoms with Gasteiger partial charge < -0.3 is 24.1 Å². The van der Waals surface area contributed by atoms with Crippen LogP contribution in [0, 0.1) is 17.8 Å². The van der Waals surface area contributed by atoms with Gasteiger partial charge in [-0.25, -0.2) is 4.79 Å². The summed E-state index contributed by atoms with van der Waals surface area (Å²) in [4.78, 5) is 14.5. The first-order chi connectivity index (χ1) is 12.5. The lowest BCUT2D eigenvalue weighted by Crippen LogP contribution is -2.62. The van der Waals surface area contributed by atoms with E-state index in [-0.39, 0.29) is 42.0 Å². The molecular weight excluding hydrogens is 338 g/mol. The molecule has 6 heterocycles. The van der Waals surface area contributed by atoms with Crippen molar-refractivity contribution in [2.75, 3.05) is 20.3 Å². The number of methoxy groups -OCH3 is 1. The predicted octanol–water partition coefficient (Wildman–Crippen LogP) is 0.892. The standard InChI is InChI=1S/C19H23NO6/c1-8-13-10-6-12-18(7-21)11(4-5-20(10)18)19(13,25-12)26-15(8)16-14(23-3)9(2)17(22)24-16/h8,10-13,21H,4-7H2,1-3H3/b16-15-/t8-,10?,11?,12?,13?,18?,19-/m1/s1. The van der Waals surface area contributed by atoms with Crippen LogP contribution in [-0.2, 0) is 23.7 Å². The van der Waals surface area contributed by atoms with Crippen LogP contribution < -0.4 is 0 Å². The first-order valence-electron chi connectivity index (χ1n) is 9.45. The Labute approximate surface area is 151 Å². The number of nitrogens with zero attached hydrogens (tertiary/aromatic N) is 1. The summed E-state index contributed by atoms with van der Waals surface area (Å²) >= 11 is 0. The van der Waals surface area contributed by atoms with Gasteiger partial charge in [-0.2, -0.15) is 0 Å². The predicted molar refractivity (Wildman–Crippen MR) is 87.2 cm³/mol. The first kappa shape index (κ1) is 15.5. The smallest absolute Gasteiger partial charge is 0.343 e. The number of fused-ring (bicyclic) bond motifs is 1. The molecule has 6 aliphatic heterocycles. The van der Waals surface area contributed by atoms with Crippen molar-refractivity contribution in [2.24, 2.45) is 17.8 Å². The van der Waals surface area contributed by atoms with Crippen molar-refractivity contribution >= 4 is 5.97 Å². The van der Waals surface area contributed by atoms with Crippen molar-refractivity contribution in [1.82, 2.24) is 4.90 Å². The van der Waals surface area contributed by atoms with E-state index in [4.69, 9.17) is 18.9 Å². The first-order valence-corrected chi connectivity index (χ1v) is 9.45. The van der Waals surface area contributed by atoms with E-state index in [9.17, 15) is 9.90 Å². The van der Waals surface area contributed by atoms with Gasteiger partial charge in [0.25, 0.3) is 0 Å². The van der Waals surface area contributed by atoms with E-state index in [1.807, 2.05) is 0 Å². The lowest BCUT2D eigenvalue weighted by Gasteiger charge is -2.47. The molecule has 0 aromatic heterocycles. The summed E-state index contributed by atoms with van der Waals surface area (Å²) in [5, 5.41) is 10.3. The molecule has 7 nitrogen and oxygen atoms in total. The van der Waals surface area contributed by atoms with E-state index in [1.165, 1.54) is 0 Å². The molecule has 0 aromatic rings. The summed E-state index contributed by atoms with van der Waals surface area (Å²) in [6.45, 7) is 4.92. The highest BCUT2D eigenvalue weighted by Gasteiger charge is 2.84. The van der Waals surface area contributed by atoms with Crippen LogP contribution >= 0.6 is 0 Å². The molecule has 7 heteroatoms. The Hall–Kier alpha value is -1.57. The molecule has 26 heavy (non-hydrogen) atoms. The zero-order chi connectivity index (χ0) is 18.0. The van der Waals surface area contributed by atoms with Gasteiger partial charge in [-0.15, -0.1) is 0 Å². The van der Waals surface area contributed by atoms with Crippen LogP contribution in [0.1, 0.15) is 26.7 Å². The van der Waals surface area contributed by atoms with E-state index >= 15 is 0 Å². The number of piperidine rings is 1. The minimum atomic E-state index is -0.715. The fraction of sp³-hybridized carbons (Fsp3) is 0.737. The summed E-state index contributed by atoms with van der Waals surface area (Å²) in [6.07, 6.45) is 1.92. The molecule has 1 spiro atoms. The Bertz CT molecular complexity index is 804. The number of allylic oxidation sites excluding steroid dienone is 1. The summed E-state index contributed by atoms with van der Waals surface area (Å²) in [7, 11) is 1.54. The molecule has 0 aromatic carbocycles. The maximum atomic E-state index is 12.1. The Morgan fingerprint density at radius 3 is 2.96 bits per heavy atom. The normalized spacial score (nSPS) is 55.6. The second-order valence-corrected chi connectivity index (χ2v) is 8.47. The van der Waals surface area contributed by atoms with Crippen LogP contribution in [-0.4, -0.2) is 59.7 Å². The average Bonchev–Trinajstić information content (AvgIpc) is 3.33. The molecule has 6 aliphatic rings. The molecule has 6 unspecified atom stereocenters. The number of ether oxygens (including phenoxy) is 4. The monoisotopic (exact) mass is 361 g/mol. The van der Waals surface area contributed by atoms with Crippen molar-refractivity contribution in [1.29, 1.82) is 0 Å². The van der Waals surface area contributed by atoms with Gasteiger partial charge in [0.1, 0.15) is 5.76 Å². The number of carbonyl (C=O) groups excluding carboxylic acids is 1. The van der Waals surface area contributed by atoms with Gasteiger partial charge in [0.15, 0.2) is 5.76 Å². The third-order valence-corrected chi connectivity index (χ3v) is 7.85. The molecule has 0 radical (unpaired) electrons. The number of aliphatic hydroxyl groups is 1. The highest BCUT2D eigenvalue weighted by Crippen LogP contribution is 2.72. The second kappa shape index (κ2) is 4.46. The maximum absolute atomic E-state index is 12.1. The van der Waals surface area contributed by atoms with Gasteiger partial charge in [-0.05, 0) is 26.3 Å². The van der Waals surface area contributed by atoms with Crippen LogP contribution in [0.2, 0.25) is 0 Å². The summed E-state index contributed by atoms with van der Waals surface area (Å²) in [5.74, 6) is 0.779. The van der Waals surface area contributed by atoms with Crippen LogP contribution in [0.3, 0.4) is 0 Å². The minimum absolute atomic E-state index is 0.0168. The van der Waals surface area contributed by atoms with Crippen molar-refractivity contribution in [3.05, 3.63) is 22.9 Å². The quantitative estimate of drug-likeness (QED) is 0.732. The van der Waals surface area contributed by atoms with E-state index < -0.39 is 5.79 Å². The van der Waals surface area contributed by atoms with Crippen LogP contribution in [0.25, 0.3) is 0 Å². The van der Waals surface area contributed by atoms with Gasteiger partial charge in [0, 0.05) is 17.9 Å². The molecule has 140 valence electrons. The Morgan fingerprint density at radius 1 is 1.42 bits per heavy atom. The molecule has 0 aliphatic carbocycles. The van der Waals surface area contributed by atoms with E-state index in [0.29, 0.717) is 28.9 Å². The van der Waals surface area contributed by atoms with Gasteiger partial charge in [-0.1, -0.05) is 6.92 Å². The number of aliphatic hydroxyl groups excluding tert-OH is 1. The number of carbonyl (C=O) groups is 1. The number of hydrogen-bond donors (Lipinski definition) is 1. The fourth-order valence-corrected chi connectivity index (χ4v) is 7.00. The number of rotatable bonds is 2. The third kappa shape index (κ3) is 1.32. The topological polar surface area (TPSA) is 77.5 Å². The van der Waals surface area contributed by atoms with E-state index in [0.717, 1.165) is 19.4 Å². The molecule has 5 saturated heterocycles. The van der Waals surface area contributed by atoms with Crippen LogP contribution in [0.5, 0.6) is 0 Å². The SMILES string of the molecule is COC1=C(C)C(=O)O/C1=C1\O[C@@]23OC4CC(C2[C@H]1C)N1CCC3C41CO. The molecule has 1 N–H and O–H groups in total. The molecule has 6 rings (SSSR count). The van der Waals surface area contributed by atoms with Gasteiger partial charge in [0.2, 0.25) is 11.5 Å². The number of esters is 1. The summed E-state index contributed by atoms with van der Waals surface area (Å²) in [5.41, 5.74) is 0.160. The highest BCUT2D eigenvalue weighted by atomic mass is 16.7. The molecular formula is C19H23NO6. The maximum Gasteiger partial charge on any atom is 0.343 e. The Morgan fingerprint density at radius 2 is 2.23 bits per heavy atom. The van der Waals surface area contributed by atoms with E-state index in [1.54, 1.807) is 14.0 Å². The second-order valence-electron chi connectivity index (χ2n) is 8.47. The van der Waals surface area contributed by atoms with Gasteiger partial charge >= 0.3 is 5.97 Å². The zero-order valence-electron chi connectivity index (χ0n) is 15.2. The lowest BCUT2D eigenvalue weighted by atomic mass is 9.71. The minimum Gasteiger partial charge on any atom is -0.492 e. The molecule has 5 fully saturated rings. The molecule has 5 bridgehead atoms. The van der Waals surface area contributed by atoms with Crippen LogP contribution in [0.15, 0.2) is 22.9 Å². The third-order valence-electron chi connectivity index (χ3n) is 7.85. The lowest BCUT2D eigenvalue weighted by molar-refractivity contribution is -0.256. The van der Waals surface area contributed by atoms with Crippen molar-refractivity contribution < 1.29 is 28.8 Å². The average molecular weight is 361 g/mol. The summed E-state index contributed by atoms with van der Waals surface area (Å²) < 4.78 is 24.0.